The Kier molecular flexibility index (Phi) is 5.72. The standard InChI is InChI=1S/C17H19NO3S/c1-13-4-10-16(11-5-13)22(19)12-17(18-21-3)14-6-8-15(20-2)9-7-14/h4-11H,12H2,1-3H3/b18-17+/t22-/m1/s1. The molecule has 0 amide bonds. The van der Waals surface area contributed by atoms with E-state index in [0.717, 1.165) is 21.8 Å². The average molecular weight is 317 g/mol. The Hall–Kier alpha value is -2.14. The van der Waals surface area contributed by atoms with Crippen molar-refractivity contribution in [1.29, 1.82) is 0 Å². The van der Waals surface area contributed by atoms with Crippen molar-refractivity contribution < 1.29 is 13.8 Å². The molecule has 0 fully saturated rings. The second kappa shape index (κ2) is 7.75. The van der Waals surface area contributed by atoms with Crippen molar-refractivity contribution in [3.8, 4) is 5.75 Å². The topological polar surface area (TPSA) is 47.9 Å². The molecule has 0 radical (unpaired) electrons. The fraction of sp³-hybridized carbons (Fsp3) is 0.235. The van der Waals surface area contributed by atoms with E-state index in [2.05, 4.69) is 5.16 Å². The Morgan fingerprint density at radius 3 is 2.23 bits per heavy atom. The van der Waals surface area contributed by atoms with Crippen molar-refractivity contribution >= 4 is 16.5 Å². The minimum Gasteiger partial charge on any atom is -0.497 e. The Bertz CT molecular complexity index is 663. The molecular weight excluding hydrogens is 298 g/mol. The number of methoxy groups -OCH3 is 1. The minimum atomic E-state index is -1.17. The zero-order valence-corrected chi connectivity index (χ0v) is 13.7. The Morgan fingerprint density at radius 2 is 1.68 bits per heavy atom. The molecule has 2 aromatic rings. The summed E-state index contributed by atoms with van der Waals surface area (Å²) in [4.78, 5) is 5.67. The fourth-order valence-electron chi connectivity index (χ4n) is 1.95. The van der Waals surface area contributed by atoms with Gasteiger partial charge in [0.05, 0.1) is 29.4 Å². The van der Waals surface area contributed by atoms with E-state index in [1.165, 1.54) is 7.11 Å². The molecule has 2 rings (SSSR count). The van der Waals surface area contributed by atoms with Crippen molar-refractivity contribution in [3.05, 3.63) is 59.7 Å². The fourth-order valence-corrected chi connectivity index (χ4v) is 3.03. The molecule has 116 valence electrons. The van der Waals surface area contributed by atoms with E-state index in [4.69, 9.17) is 9.57 Å². The number of aryl methyl sites for hydroxylation is 1. The van der Waals surface area contributed by atoms with Crippen molar-refractivity contribution in [3.63, 3.8) is 0 Å². The highest BCUT2D eigenvalue weighted by atomic mass is 32.2. The van der Waals surface area contributed by atoms with Crippen LogP contribution in [0.15, 0.2) is 58.6 Å². The van der Waals surface area contributed by atoms with E-state index >= 15 is 0 Å². The molecule has 0 aromatic heterocycles. The number of hydrogen-bond donors (Lipinski definition) is 0. The van der Waals surface area contributed by atoms with Crippen LogP contribution in [0.5, 0.6) is 5.75 Å². The number of hydrogen-bond acceptors (Lipinski definition) is 4. The first-order valence-electron chi connectivity index (χ1n) is 6.83. The van der Waals surface area contributed by atoms with Crippen LogP contribution in [0, 0.1) is 6.92 Å². The van der Waals surface area contributed by atoms with E-state index in [0.29, 0.717) is 11.5 Å². The predicted molar refractivity (Wildman–Crippen MR) is 89.0 cm³/mol. The zero-order valence-electron chi connectivity index (χ0n) is 12.9. The van der Waals surface area contributed by atoms with Crippen LogP contribution in [-0.2, 0) is 15.6 Å². The van der Waals surface area contributed by atoms with E-state index < -0.39 is 10.8 Å². The van der Waals surface area contributed by atoms with Crippen molar-refractivity contribution in [2.24, 2.45) is 5.16 Å². The second-order valence-electron chi connectivity index (χ2n) is 4.75. The molecule has 0 saturated heterocycles. The molecule has 0 heterocycles. The second-order valence-corrected chi connectivity index (χ2v) is 6.20. The predicted octanol–water partition coefficient (Wildman–Crippen LogP) is 3.16. The molecule has 1 atom stereocenters. The quantitative estimate of drug-likeness (QED) is 0.607. The van der Waals surface area contributed by atoms with Gasteiger partial charge in [0.2, 0.25) is 0 Å². The first-order chi connectivity index (χ1) is 10.6. The summed E-state index contributed by atoms with van der Waals surface area (Å²) in [5.41, 5.74) is 2.65. The summed E-state index contributed by atoms with van der Waals surface area (Å²) in [6.07, 6.45) is 0. The number of rotatable bonds is 6. The third-order valence-electron chi connectivity index (χ3n) is 3.18. The summed E-state index contributed by atoms with van der Waals surface area (Å²) >= 11 is 0. The molecule has 0 saturated carbocycles. The lowest BCUT2D eigenvalue weighted by Gasteiger charge is -2.08. The Morgan fingerprint density at radius 1 is 1.05 bits per heavy atom. The maximum Gasteiger partial charge on any atom is 0.118 e. The van der Waals surface area contributed by atoms with E-state index in [-0.39, 0.29) is 0 Å². The lowest BCUT2D eigenvalue weighted by atomic mass is 10.1. The highest BCUT2D eigenvalue weighted by Crippen LogP contribution is 2.15. The summed E-state index contributed by atoms with van der Waals surface area (Å²) in [6, 6.07) is 15.1. The molecule has 0 aliphatic carbocycles. The van der Waals surface area contributed by atoms with Gasteiger partial charge in [-0.2, -0.15) is 0 Å². The normalized spacial score (nSPS) is 12.8. The van der Waals surface area contributed by atoms with Crippen LogP contribution >= 0.6 is 0 Å². The first-order valence-corrected chi connectivity index (χ1v) is 8.15. The zero-order chi connectivity index (χ0) is 15.9. The monoisotopic (exact) mass is 317 g/mol. The molecule has 22 heavy (non-hydrogen) atoms. The smallest absolute Gasteiger partial charge is 0.118 e. The molecule has 5 heteroatoms. The van der Waals surface area contributed by atoms with Crippen LogP contribution in [0.1, 0.15) is 11.1 Å². The van der Waals surface area contributed by atoms with Gasteiger partial charge in [0.1, 0.15) is 12.9 Å². The molecule has 0 aliphatic rings. The SMILES string of the molecule is CO/N=C(\C[S@@](=O)c1ccc(C)cc1)c1ccc(OC)cc1. The van der Waals surface area contributed by atoms with Crippen LogP contribution in [0.4, 0.5) is 0 Å². The minimum absolute atomic E-state index is 0.295. The van der Waals surface area contributed by atoms with Crippen molar-refractivity contribution in [2.75, 3.05) is 20.0 Å². The van der Waals surface area contributed by atoms with Gasteiger partial charge in [-0.25, -0.2) is 0 Å². The molecule has 4 nitrogen and oxygen atoms in total. The van der Waals surface area contributed by atoms with Gasteiger partial charge in [-0.3, -0.25) is 4.21 Å². The summed E-state index contributed by atoms with van der Waals surface area (Å²) in [5, 5.41) is 4.02. The van der Waals surface area contributed by atoms with Gasteiger partial charge in [0, 0.05) is 10.5 Å². The van der Waals surface area contributed by atoms with Gasteiger partial charge in [0.15, 0.2) is 0 Å². The first kappa shape index (κ1) is 16.2. The summed E-state index contributed by atoms with van der Waals surface area (Å²) in [5.74, 6) is 1.06. The van der Waals surface area contributed by atoms with Gasteiger partial charge in [-0.15, -0.1) is 0 Å². The molecule has 0 N–H and O–H groups in total. The average Bonchev–Trinajstić information content (AvgIpc) is 2.55. The maximum atomic E-state index is 12.5. The van der Waals surface area contributed by atoms with Crippen LogP contribution in [0.2, 0.25) is 0 Å². The number of nitrogens with zero attached hydrogens (tertiary/aromatic N) is 1. The van der Waals surface area contributed by atoms with Crippen LogP contribution in [0.25, 0.3) is 0 Å². The summed E-state index contributed by atoms with van der Waals surface area (Å²) < 4.78 is 17.6. The van der Waals surface area contributed by atoms with E-state index in [1.54, 1.807) is 7.11 Å². The third kappa shape index (κ3) is 4.18. The van der Waals surface area contributed by atoms with Gasteiger partial charge in [0.25, 0.3) is 0 Å². The number of ether oxygens (including phenoxy) is 1. The maximum absolute atomic E-state index is 12.5. The Balaban J connectivity index is 2.19. The molecule has 0 spiro atoms. The van der Waals surface area contributed by atoms with Gasteiger partial charge in [-0.1, -0.05) is 22.9 Å². The van der Waals surface area contributed by atoms with Crippen molar-refractivity contribution in [1.82, 2.24) is 0 Å². The van der Waals surface area contributed by atoms with Gasteiger partial charge >= 0.3 is 0 Å². The summed E-state index contributed by atoms with van der Waals surface area (Å²) in [7, 11) is 1.93. The van der Waals surface area contributed by atoms with Crippen molar-refractivity contribution in [2.45, 2.75) is 11.8 Å². The third-order valence-corrected chi connectivity index (χ3v) is 4.51. The van der Waals surface area contributed by atoms with E-state index in [1.807, 2.05) is 55.5 Å². The molecule has 0 aliphatic heterocycles. The van der Waals surface area contributed by atoms with Crippen LogP contribution < -0.4 is 4.74 Å². The largest absolute Gasteiger partial charge is 0.497 e. The lowest BCUT2D eigenvalue weighted by molar-refractivity contribution is 0.213. The number of benzene rings is 2. The molecule has 2 aromatic carbocycles. The summed E-state index contributed by atoms with van der Waals surface area (Å²) in [6.45, 7) is 2.00. The van der Waals surface area contributed by atoms with Gasteiger partial charge in [-0.05, 0) is 43.3 Å². The Labute approximate surface area is 133 Å². The van der Waals surface area contributed by atoms with E-state index in [9.17, 15) is 4.21 Å². The molecule has 0 unspecified atom stereocenters. The number of oxime groups is 1. The lowest BCUT2D eigenvalue weighted by Crippen LogP contribution is -2.13. The highest BCUT2D eigenvalue weighted by molar-refractivity contribution is 7.85. The molecule has 0 bridgehead atoms. The molecular formula is C17H19NO3S. The van der Waals surface area contributed by atoms with Crippen LogP contribution in [0.3, 0.4) is 0 Å². The van der Waals surface area contributed by atoms with Crippen LogP contribution in [-0.4, -0.2) is 29.9 Å². The highest BCUT2D eigenvalue weighted by Gasteiger charge is 2.12. The van der Waals surface area contributed by atoms with Gasteiger partial charge < -0.3 is 9.57 Å².